The number of amides is 2. The van der Waals surface area contributed by atoms with Crippen molar-refractivity contribution in [3.63, 3.8) is 0 Å². The molecule has 12 nitrogen and oxygen atoms in total. The minimum Gasteiger partial charge on any atom is -0.463 e. The summed E-state index contributed by atoms with van der Waals surface area (Å²) in [7, 11) is -1.30. The number of aromatic nitrogens is 1. The maximum atomic E-state index is 13.5. The molecule has 0 atom stereocenters. The van der Waals surface area contributed by atoms with E-state index in [9.17, 15) is 32.9 Å². The van der Waals surface area contributed by atoms with Crippen LogP contribution in [0.3, 0.4) is 0 Å². The largest absolute Gasteiger partial charge is 0.463 e. The molecule has 0 unspecified atom stereocenters. The highest BCUT2D eigenvalue weighted by molar-refractivity contribution is 7.90. The number of para-hydroxylation sites is 2. The van der Waals surface area contributed by atoms with Crippen molar-refractivity contribution < 1.29 is 27.3 Å². The Labute approximate surface area is 239 Å². The maximum absolute atomic E-state index is 13.5. The van der Waals surface area contributed by atoms with E-state index in [0.717, 1.165) is 16.3 Å². The van der Waals surface area contributed by atoms with Crippen molar-refractivity contribution in [2.75, 3.05) is 27.2 Å². The second-order valence-corrected chi connectivity index (χ2v) is 11.4. The summed E-state index contributed by atoms with van der Waals surface area (Å²) in [6.45, 7) is 0.134. The summed E-state index contributed by atoms with van der Waals surface area (Å²) in [5.41, 5.74) is -0.319. The van der Waals surface area contributed by atoms with Crippen molar-refractivity contribution in [2.24, 2.45) is 0 Å². The molecule has 0 radical (unpaired) electrons. The van der Waals surface area contributed by atoms with Crippen molar-refractivity contribution in [3.8, 4) is 0 Å². The zero-order valence-corrected chi connectivity index (χ0v) is 23.3. The van der Waals surface area contributed by atoms with Gasteiger partial charge in [0.05, 0.1) is 26.3 Å². The minimum atomic E-state index is -4.30. The first-order valence-corrected chi connectivity index (χ1v) is 14.1. The molecule has 214 valence electrons. The van der Waals surface area contributed by atoms with Gasteiger partial charge in [-0.15, -0.1) is 0 Å². The fourth-order valence-corrected chi connectivity index (χ4v) is 5.94. The van der Waals surface area contributed by atoms with Crippen LogP contribution in [0.1, 0.15) is 20.7 Å². The van der Waals surface area contributed by atoms with E-state index < -0.39 is 32.2 Å². The Morgan fingerprint density at radius 1 is 0.881 bits per heavy atom. The monoisotopic (exact) mass is 588 g/mol. The van der Waals surface area contributed by atoms with Crippen molar-refractivity contribution in [1.29, 1.82) is 0 Å². The number of likely N-dealkylation sites (N-methyl/N-ethyl adjacent to an activating group) is 2. The number of carbonyl (C=O) groups excluding carboxylic acids is 2. The fourth-order valence-electron chi connectivity index (χ4n) is 4.53. The summed E-state index contributed by atoms with van der Waals surface area (Å²) >= 11 is 0. The standard InChI is InChI=1S/C29H24N4O8S/c1-30(14-15-31(2)29(36)24-18-41-26-13-6-4-11-22(26)27(24)34)28(35)23-17-32(25-12-5-3-10-21(23)25)42(39,40)20-9-7-8-19(16-20)33(37)38/h3-13,16-18H,14-15H2,1-2H3. The van der Waals surface area contributed by atoms with Gasteiger partial charge in [-0.2, -0.15) is 0 Å². The first-order chi connectivity index (χ1) is 20.0. The van der Waals surface area contributed by atoms with Crippen LogP contribution >= 0.6 is 0 Å². The summed E-state index contributed by atoms with van der Waals surface area (Å²) in [6, 6.07) is 17.6. The number of fused-ring (bicyclic) bond motifs is 2. The average Bonchev–Trinajstić information content (AvgIpc) is 3.40. The number of benzene rings is 3. The smallest absolute Gasteiger partial charge is 0.270 e. The van der Waals surface area contributed by atoms with Gasteiger partial charge in [-0.3, -0.25) is 24.5 Å². The van der Waals surface area contributed by atoms with Crippen LogP contribution in [0, 0.1) is 10.1 Å². The van der Waals surface area contributed by atoms with Crippen LogP contribution in [-0.2, 0) is 10.0 Å². The van der Waals surface area contributed by atoms with Crippen LogP contribution in [0.15, 0.2) is 99.4 Å². The number of nitrogens with zero attached hydrogens (tertiary/aromatic N) is 4. The lowest BCUT2D eigenvalue weighted by Gasteiger charge is -2.22. The highest BCUT2D eigenvalue weighted by Crippen LogP contribution is 2.28. The van der Waals surface area contributed by atoms with Gasteiger partial charge in [0.1, 0.15) is 17.4 Å². The van der Waals surface area contributed by atoms with Crippen LogP contribution < -0.4 is 5.43 Å². The SMILES string of the molecule is CN(CCN(C)C(=O)c1cn(S(=O)(=O)c2cccc([N+](=O)[O-])c2)c2ccccc12)C(=O)c1coc2ccccc2c1=O. The van der Waals surface area contributed by atoms with E-state index in [0.29, 0.717) is 11.0 Å². The highest BCUT2D eigenvalue weighted by atomic mass is 32.2. The normalized spacial score (nSPS) is 11.5. The lowest BCUT2D eigenvalue weighted by atomic mass is 10.1. The van der Waals surface area contributed by atoms with Crippen molar-refractivity contribution >= 4 is 49.4 Å². The molecule has 0 bridgehead atoms. The molecular formula is C29H24N4O8S. The van der Waals surface area contributed by atoms with E-state index in [4.69, 9.17) is 4.42 Å². The number of rotatable bonds is 8. The molecule has 0 spiro atoms. The Kier molecular flexibility index (Phi) is 7.35. The Morgan fingerprint density at radius 3 is 2.19 bits per heavy atom. The molecule has 0 aliphatic rings. The van der Waals surface area contributed by atoms with Crippen LogP contribution in [0.2, 0.25) is 0 Å². The van der Waals surface area contributed by atoms with E-state index in [1.807, 2.05) is 0 Å². The number of non-ortho nitro benzene ring substituents is 1. The lowest BCUT2D eigenvalue weighted by Crippen LogP contribution is -2.38. The molecule has 13 heteroatoms. The molecule has 0 N–H and O–H groups in total. The van der Waals surface area contributed by atoms with Crippen LogP contribution in [0.5, 0.6) is 0 Å². The second-order valence-electron chi connectivity index (χ2n) is 9.54. The predicted molar refractivity (Wildman–Crippen MR) is 154 cm³/mol. The molecule has 2 aromatic heterocycles. The van der Waals surface area contributed by atoms with Crippen molar-refractivity contribution in [2.45, 2.75) is 4.90 Å². The molecule has 2 amide bonds. The van der Waals surface area contributed by atoms with Gasteiger partial charge in [-0.25, -0.2) is 12.4 Å². The molecule has 42 heavy (non-hydrogen) atoms. The van der Waals surface area contributed by atoms with E-state index in [-0.39, 0.29) is 45.7 Å². The van der Waals surface area contributed by atoms with Gasteiger partial charge in [0.2, 0.25) is 5.43 Å². The van der Waals surface area contributed by atoms with Crippen LogP contribution in [0.4, 0.5) is 5.69 Å². The number of hydrogen-bond donors (Lipinski definition) is 0. The quantitative estimate of drug-likeness (QED) is 0.196. The third-order valence-electron chi connectivity index (χ3n) is 6.87. The molecule has 5 rings (SSSR count). The zero-order chi connectivity index (χ0) is 30.2. The fraction of sp³-hybridized carbons (Fsp3) is 0.138. The summed E-state index contributed by atoms with van der Waals surface area (Å²) in [6.07, 6.45) is 2.31. The van der Waals surface area contributed by atoms with Gasteiger partial charge in [0, 0.05) is 50.9 Å². The molecule has 2 heterocycles. The Balaban J connectivity index is 1.38. The van der Waals surface area contributed by atoms with Crippen LogP contribution in [0.25, 0.3) is 21.9 Å². The third kappa shape index (κ3) is 5.01. The van der Waals surface area contributed by atoms with Gasteiger partial charge >= 0.3 is 0 Å². The van der Waals surface area contributed by atoms with E-state index in [1.165, 1.54) is 54.4 Å². The number of nitro benzene ring substituents is 1. The number of hydrogen-bond acceptors (Lipinski definition) is 8. The van der Waals surface area contributed by atoms with Gasteiger partial charge in [0.25, 0.3) is 27.5 Å². The summed E-state index contributed by atoms with van der Waals surface area (Å²) < 4.78 is 33.4. The van der Waals surface area contributed by atoms with Gasteiger partial charge < -0.3 is 14.2 Å². The van der Waals surface area contributed by atoms with E-state index >= 15 is 0 Å². The van der Waals surface area contributed by atoms with Crippen molar-refractivity contribution in [1.82, 2.24) is 13.8 Å². The zero-order valence-electron chi connectivity index (χ0n) is 22.5. The molecule has 0 saturated heterocycles. The van der Waals surface area contributed by atoms with E-state index in [1.54, 1.807) is 42.5 Å². The molecule has 0 saturated carbocycles. The minimum absolute atomic E-state index is 0.0666. The molecule has 0 aliphatic heterocycles. The summed E-state index contributed by atoms with van der Waals surface area (Å²) in [5.74, 6) is -1.08. The molecule has 3 aromatic carbocycles. The van der Waals surface area contributed by atoms with E-state index in [2.05, 4.69) is 0 Å². The molecular weight excluding hydrogens is 564 g/mol. The molecule has 0 aliphatic carbocycles. The summed E-state index contributed by atoms with van der Waals surface area (Å²) in [4.78, 5) is 52.1. The van der Waals surface area contributed by atoms with Gasteiger partial charge in [0.15, 0.2) is 0 Å². The molecule has 5 aromatic rings. The molecule has 0 fully saturated rings. The third-order valence-corrected chi connectivity index (χ3v) is 8.54. The topological polar surface area (TPSA) is 153 Å². The Morgan fingerprint density at radius 2 is 1.50 bits per heavy atom. The Hall–Kier alpha value is -5.30. The average molecular weight is 589 g/mol. The van der Waals surface area contributed by atoms with Gasteiger partial charge in [-0.1, -0.05) is 36.4 Å². The highest BCUT2D eigenvalue weighted by Gasteiger charge is 2.27. The lowest BCUT2D eigenvalue weighted by molar-refractivity contribution is -0.385. The Bertz CT molecular complexity index is 2050. The number of carbonyl (C=O) groups is 2. The summed E-state index contributed by atoms with van der Waals surface area (Å²) in [5, 5.41) is 11.8. The first-order valence-electron chi connectivity index (χ1n) is 12.6. The van der Waals surface area contributed by atoms with Gasteiger partial charge in [-0.05, 0) is 24.3 Å². The van der Waals surface area contributed by atoms with Crippen molar-refractivity contribution in [3.05, 3.63) is 117 Å². The predicted octanol–water partition coefficient (Wildman–Crippen LogP) is 3.74. The maximum Gasteiger partial charge on any atom is 0.270 e. The number of nitro groups is 1. The first kappa shape index (κ1) is 28.2. The second kappa shape index (κ2) is 10.9. The van der Waals surface area contributed by atoms with Crippen LogP contribution in [-0.4, -0.2) is 66.1 Å².